The summed E-state index contributed by atoms with van der Waals surface area (Å²) < 4.78 is 5.28. The van der Waals surface area contributed by atoms with Gasteiger partial charge in [0.25, 0.3) is 5.91 Å². The van der Waals surface area contributed by atoms with Gasteiger partial charge in [-0.15, -0.1) is 0 Å². The molecule has 0 N–H and O–H groups in total. The van der Waals surface area contributed by atoms with Crippen LogP contribution in [0.4, 0.5) is 0 Å². The first-order valence-electron chi connectivity index (χ1n) is 7.36. The Morgan fingerprint density at radius 3 is 2.71 bits per heavy atom. The molecule has 1 saturated heterocycles. The minimum Gasteiger partial charge on any atom is -0.338 e. The molecule has 1 fully saturated rings. The van der Waals surface area contributed by atoms with Crippen molar-refractivity contribution in [3.63, 3.8) is 0 Å². The largest absolute Gasteiger partial charge is 0.338 e. The zero-order chi connectivity index (χ0) is 16.5. The van der Waals surface area contributed by atoms with Gasteiger partial charge in [-0.25, -0.2) is 9.97 Å². The smallest absolute Gasteiger partial charge is 0.253 e. The molecule has 2 aromatic heterocycles. The minimum atomic E-state index is -0.0557. The Morgan fingerprint density at radius 1 is 1.17 bits per heavy atom. The lowest BCUT2D eigenvalue weighted by atomic mass is 9.99. The Hall–Kier alpha value is -2.80. The first-order valence-corrected chi connectivity index (χ1v) is 7.74. The first-order chi connectivity index (χ1) is 11.7. The molecular weight excluding hydrogens is 330 g/mol. The quantitative estimate of drug-likeness (QED) is 0.727. The summed E-state index contributed by atoms with van der Waals surface area (Å²) >= 11 is 5.92. The number of carbonyl (C=O) groups is 1. The Morgan fingerprint density at radius 2 is 1.96 bits per heavy atom. The van der Waals surface area contributed by atoms with E-state index in [-0.39, 0.29) is 11.8 Å². The fourth-order valence-corrected chi connectivity index (χ4v) is 2.70. The number of hydrogen-bond acceptors (Lipinski definition) is 6. The van der Waals surface area contributed by atoms with Gasteiger partial charge < -0.3 is 9.42 Å². The molecule has 1 aliphatic heterocycles. The third-order valence-corrected chi connectivity index (χ3v) is 4.03. The maximum absolute atomic E-state index is 12.4. The molecule has 0 radical (unpaired) electrons. The van der Waals surface area contributed by atoms with Crippen LogP contribution < -0.4 is 0 Å². The summed E-state index contributed by atoms with van der Waals surface area (Å²) in [5, 5.41) is 4.44. The van der Waals surface area contributed by atoms with E-state index < -0.39 is 0 Å². The van der Waals surface area contributed by atoms with Gasteiger partial charge in [0.1, 0.15) is 0 Å². The zero-order valence-electron chi connectivity index (χ0n) is 12.5. The van der Waals surface area contributed by atoms with E-state index in [1.807, 2.05) is 0 Å². The van der Waals surface area contributed by atoms with Crippen molar-refractivity contribution in [3.05, 3.63) is 59.2 Å². The van der Waals surface area contributed by atoms with Crippen LogP contribution in [-0.4, -0.2) is 44.0 Å². The Labute approximate surface area is 142 Å². The molecule has 3 heterocycles. The highest BCUT2D eigenvalue weighted by Gasteiger charge is 2.36. The van der Waals surface area contributed by atoms with Gasteiger partial charge in [0.05, 0.1) is 5.92 Å². The summed E-state index contributed by atoms with van der Waals surface area (Å²) in [6.07, 6.45) is 3.24. The second-order valence-electron chi connectivity index (χ2n) is 5.45. The number of benzene rings is 1. The molecule has 0 aliphatic carbocycles. The first kappa shape index (κ1) is 14.8. The number of likely N-dealkylation sites (tertiary alicyclic amines) is 1. The van der Waals surface area contributed by atoms with Gasteiger partial charge in [-0.1, -0.05) is 22.8 Å². The Bertz CT molecular complexity index is 877. The lowest BCUT2D eigenvalue weighted by Crippen LogP contribution is -2.48. The lowest BCUT2D eigenvalue weighted by molar-refractivity contribution is 0.0569. The highest BCUT2D eigenvalue weighted by atomic mass is 35.5. The topological polar surface area (TPSA) is 85.0 Å². The molecule has 1 aromatic carbocycles. The van der Waals surface area contributed by atoms with Crippen molar-refractivity contribution in [1.82, 2.24) is 25.0 Å². The fraction of sp³-hybridized carbons (Fsp3) is 0.188. The molecule has 4 rings (SSSR count). The molecule has 0 bridgehead atoms. The van der Waals surface area contributed by atoms with Crippen molar-refractivity contribution in [2.45, 2.75) is 5.92 Å². The van der Waals surface area contributed by atoms with E-state index in [4.69, 9.17) is 16.1 Å². The van der Waals surface area contributed by atoms with Gasteiger partial charge in [0.15, 0.2) is 0 Å². The molecule has 24 heavy (non-hydrogen) atoms. The van der Waals surface area contributed by atoms with Crippen molar-refractivity contribution in [3.8, 4) is 11.6 Å². The molecule has 0 atom stereocenters. The Kier molecular flexibility index (Phi) is 3.70. The van der Waals surface area contributed by atoms with E-state index in [0.717, 1.165) is 0 Å². The number of halogens is 1. The van der Waals surface area contributed by atoms with Crippen LogP contribution in [0.25, 0.3) is 11.6 Å². The second-order valence-corrected chi connectivity index (χ2v) is 5.88. The monoisotopic (exact) mass is 341 g/mol. The summed E-state index contributed by atoms with van der Waals surface area (Å²) in [7, 11) is 0. The molecule has 1 amide bonds. The summed E-state index contributed by atoms with van der Waals surface area (Å²) in [4.78, 5) is 26.6. The van der Waals surface area contributed by atoms with Crippen molar-refractivity contribution in [2.75, 3.05) is 13.1 Å². The number of hydrogen-bond donors (Lipinski definition) is 0. The summed E-state index contributed by atoms with van der Waals surface area (Å²) in [5.74, 6) is 1.23. The van der Waals surface area contributed by atoms with Gasteiger partial charge in [0.2, 0.25) is 17.5 Å². The van der Waals surface area contributed by atoms with Crippen molar-refractivity contribution < 1.29 is 9.32 Å². The van der Waals surface area contributed by atoms with Crippen LogP contribution in [0, 0.1) is 0 Å². The van der Waals surface area contributed by atoms with E-state index in [1.165, 1.54) is 0 Å². The van der Waals surface area contributed by atoms with Gasteiger partial charge in [0, 0.05) is 36.1 Å². The summed E-state index contributed by atoms with van der Waals surface area (Å²) in [5.41, 5.74) is 0.574. The van der Waals surface area contributed by atoms with Crippen molar-refractivity contribution in [2.24, 2.45) is 0 Å². The highest BCUT2D eigenvalue weighted by molar-refractivity contribution is 6.30. The van der Waals surface area contributed by atoms with E-state index in [0.29, 0.717) is 41.2 Å². The number of aromatic nitrogens is 4. The molecule has 0 unspecified atom stereocenters. The van der Waals surface area contributed by atoms with Crippen molar-refractivity contribution >= 4 is 17.5 Å². The molecule has 8 heteroatoms. The van der Waals surface area contributed by atoms with Crippen LogP contribution in [0.2, 0.25) is 5.02 Å². The van der Waals surface area contributed by atoms with Crippen LogP contribution in [0.15, 0.2) is 47.2 Å². The molecule has 0 spiro atoms. The van der Waals surface area contributed by atoms with Crippen LogP contribution in [0.5, 0.6) is 0 Å². The molecule has 1 aliphatic rings. The second kappa shape index (κ2) is 6.01. The van der Waals surface area contributed by atoms with Gasteiger partial charge >= 0.3 is 0 Å². The number of rotatable bonds is 3. The number of amides is 1. The van der Waals surface area contributed by atoms with E-state index in [9.17, 15) is 4.79 Å². The van der Waals surface area contributed by atoms with Crippen LogP contribution in [0.1, 0.15) is 22.2 Å². The minimum absolute atomic E-state index is 0.0260. The van der Waals surface area contributed by atoms with Gasteiger partial charge in [-0.2, -0.15) is 4.98 Å². The highest BCUT2D eigenvalue weighted by Crippen LogP contribution is 2.28. The van der Waals surface area contributed by atoms with Crippen LogP contribution in [-0.2, 0) is 0 Å². The molecule has 7 nitrogen and oxygen atoms in total. The lowest BCUT2D eigenvalue weighted by Gasteiger charge is -2.37. The summed E-state index contributed by atoms with van der Waals surface area (Å²) in [6, 6.07) is 8.63. The number of nitrogens with zero attached hydrogens (tertiary/aromatic N) is 5. The van der Waals surface area contributed by atoms with Gasteiger partial charge in [-0.3, -0.25) is 4.79 Å². The average molecular weight is 342 g/mol. The van der Waals surface area contributed by atoms with Crippen LogP contribution in [0.3, 0.4) is 0 Å². The Balaban J connectivity index is 1.43. The predicted octanol–water partition coefficient (Wildman–Crippen LogP) is 2.42. The zero-order valence-corrected chi connectivity index (χ0v) is 13.2. The third kappa shape index (κ3) is 2.74. The van der Waals surface area contributed by atoms with Crippen LogP contribution >= 0.6 is 11.6 Å². The molecular formula is C16H12ClN5O2. The van der Waals surface area contributed by atoms with E-state index >= 15 is 0 Å². The number of carbonyl (C=O) groups excluding carboxylic acids is 1. The van der Waals surface area contributed by atoms with Gasteiger partial charge in [-0.05, 0) is 24.3 Å². The molecule has 0 saturated carbocycles. The van der Waals surface area contributed by atoms with Crippen molar-refractivity contribution in [1.29, 1.82) is 0 Å². The third-order valence-electron chi connectivity index (χ3n) is 3.80. The normalized spacial score (nSPS) is 14.5. The maximum atomic E-state index is 12.4. The average Bonchev–Trinajstić information content (AvgIpc) is 3.04. The van der Waals surface area contributed by atoms with E-state index in [1.54, 1.807) is 47.6 Å². The summed E-state index contributed by atoms with van der Waals surface area (Å²) in [6.45, 7) is 1.06. The SMILES string of the molecule is O=C(c1cccc(Cl)c1)N1CC(c2nc(-c3ncccn3)no2)C1. The molecule has 3 aromatic rings. The maximum Gasteiger partial charge on any atom is 0.253 e. The van der Waals surface area contributed by atoms with E-state index in [2.05, 4.69) is 20.1 Å². The molecule has 120 valence electrons. The standard InChI is InChI=1S/C16H12ClN5O2/c17-12-4-1-3-10(7-12)16(23)22-8-11(9-22)15-20-14(21-24-15)13-18-5-2-6-19-13/h1-7,11H,8-9H2. The predicted molar refractivity (Wildman–Crippen MR) is 85.4 cm³/mol. The fourth-order valence-electron chi connectivity index (χ4n) is 2.51.